The Morgan fingerprint density at radius 1 is 1.37 bits per heavy atom. The van der Waals surface area contributed by atoms with Gasteiger partial charge in [-0.2, -0.15) is 0 Å². The lowest BCUT2D eigenvalue weighted by Gasteiger charge is -2.34. The summed E-state index contributed by atoms with van der Waals surface area (Å²) in [7, 11) is 0. The maximum atomic E-state index is 12.0. The topological polar surface area (TPSA) is 64.3 Å². The molecular weight excluding hydrogens is 240 g/mol. The van der Waals surface area contributed by atoms with Crippen LogP contribution in [0.5, 0.6) is 0 Å². The molecule has 0 saturated heterocycles. The van der Waals surface area contributed by atoms with Gasteiger partial charge >= 0.3 is 0 Å². The average molecular weight is 268 g/mol. The number of primary amides is 1. The molecule has 3 N–H and O–H groups in total. The Labute approximate surface area is 116 Å². The molecule has 19 heavy (non-hydrogen) atoms. The first-order valence-electron chi connectivity index (χ1n) is 7.55. The first kappa shape index (κ1) is 14.8. The number of carbonyl (C=O) groups is 1. The highest BCUT2D eigenvalue weighted by molar-refractivity contribution is 5.85. The second kappa shape index (κ2) is 5.41. The number of ether oxygens (including phenoxy) is 1. The minimum absolute atomic E-state index is 0.113. The highest BCUT2D eigenvalue weighted by atomic mass is 16.5. The van der Waals surface area contributed by atoms with E-state index in [0.717, 1.165) is 25.7 Å². The number of hydrogen-bond donors (Lipinski definition) is 2. The molecule has 0 radical (unpaired) electrons. The normalized spacial score (nSPS) is 31.6. The number of carbonyl (C=O) groups excluding carboxylic acids is 1. The second-order valence-corrected chi connectivity index (χ2v) is 7.09. The largest absolute Gasteiger partial charge is 0.376 e. The highest BCUT2D eigenvalue weighted by Gasteiger charge is 2.49. The SMILES string of the molecule is CC(C)(C)OCCC1CCCC1(NC1CC1)C(N)=O. The summed E-state index contributed by atoms with van der Waals surface area (Å²) in [5, 5.41) is 3.53. The molecule has 2 aliphatic rings. The van der Waals surface area contributed by atoms with Crippen molar-refractivity contribution in [3.8, 4) is 0 Å². The molecular formula is C15H28N2O2. The van der Waals surface area contributed by atoms with Crippen molar-refractivity contribution in [3.05, 3.63) is 0 Å². The lowest BCUT2D eigenvalue weighted by molar-refractivity contribution is -0.126. The summed E-state index contributed by atoms with van der Waals surface area (Å²) >= 11 is 0. The van der Waals surface area contributed by atoms with Crippen LogP contribution >= 0.6 is 0 Å². The third-order valence-electron chi connectivity index (χ3n) is 4.30. The zero-order valence-electron chi connectivity index (χ0n) is 12.5. The Bertz CT molecular complexity index is 334. The van der Waals surface area contributed by atoms with E-state index < -0.39 is 5.54 Å². The second-order valence-electron chi connectivity index (χ2n) is 7.09. The highest BCUT2D eigenvalue weighted by Crippen LogP contribution is 2.40. The summed E-state index contributed by atoms with van der Waals surface area (Å²) in [6, 6.07) is 0.511. The van der Waals surface area contributed by atoms with Gasteiger partial charge in [-0.3, -0.25) is 4.79 Å². The monoisotopic (exact) mass is 268 g/mol. The molecule has 0 aromatic rings. The third-order valence-corrected chi connectivity index (χ3v) is 4.30. The van der Waals surface area contributed by atoms with E-state index >= 15 is 0 Å². The Morgan fingerprint density at radius 2 is 2.05 bits per heavy atom. The van der Waals surface area contributed by atoms with Crippen molar-refractivity contribution in [2.24, 2.45) is 11.7 Å². The van der Waals surface area contributed by atoms with E-state index in [1.54, 1.807) is 0 Å². The van der Waals surface area contributed by atoms with Gasteiger partial charge in [-0.1, -0.05) is 6.42 Å². The molecule has 0 aliphatic heterocycles. The zero-order chi connectivity index (χ0) is 14.1. The number of nitrogens with two attached hydrogens (primary N) is 1. The van der Waals surface area contributed by atoms with Gasteiger partial charge in [0.2, 0.25) is 5.91 Å². The van der Waals surface area contributed by atoms with Gasteiger partial charge in [-0.05, 0) is 58.8 Å². The van der Waals surface area contributed by atoms with Crippen LogP contribution in [-0.4, -0.2) is 29.7 Å². The van der Waals surface area contributed by atoms with E-state index in [0.29, 0.717) is 18.6 Å². The molecule has 2 atom stereocenters. The summed E-state index contributed by atoms with van der Waals surface area (Å²) in [4.78, 5) is 12.0. The van der Waals surface area contributed by atoms with Crippen LogP contribution in [-0.2, 0) is 9.53 Å². The zero-order valence-corrected chi connectivity index (χ0v) is 12.5. The summed E-state index contributed by atoms with van der Waals surface area (Å²) in [5.74, 6) is 0.158. The number of rotatable bonds is 6. The average Bonchev–Trinajstić information content (AvgIpc) is 2.98. The van der Waals surface area contributed by atoms with Crippen LogP contribution in [0.2, 0.25) is 0 Å². The lowest BCUT2D eigenvalue weighted by Crippen LogP contribution is -2.58. The van der Waals surface area contributed by atoms with Crippen molar-refractivity contribution in [2.75, 3.05) is 6.61 Å². The van der Waals surface area contributed by atoms with Gasteiger partial charge in [0, 0.05) is 12.6 Å². The minimum atomic E-state index is -0.470. The van der Waals surface area contributed by atoms with E-state index in [4.69, 9.17) is 10.5 Å². The van der Waals surface area contributed by atoms with E-state index in [-0.39, 0.29) is 11.5 Å². The van der Waals surface area contributed by atoms with Crippen molar-refractivity contribution < 1.29 is 9.53 Å². The fourth-order valence-electron chi connectivity index (χ4n) is 3.15. The Morgan fingerprint density at radius 3 is 2.58 bits per heavy atom. The maximum absolute atomic E-state index is 12.0. The molecule has 2 unspecified atom stereocenters. The van der Waals surface area contributed by atoms with Gasteiger partial charge in [0.05, 0.1) is 5.60 Å². The van der Waals surface area contributed by atoms with Crippen molar-refractivity contribution >= 4 is 5.91 Å². The summed E-state index contributed by atoms with van der Waals surface area (Å²) in [6.07, 6.45) is 6.33. The predicted molar refractivity (Wildman–Crippen MR) is 75.7 cm³/mol. The van der Waals surface area contributed by atoms with Crippen LogP contribution in [0.1, 0.15) is 59.3 Å². The molecule has 0 bridgehead atoms. The summed E-state index contributed by atoms with van der Waals surface area (Å²) in [6.45, 7) is 6.89. The molecule has 0 heterocycles. The lowest BCUT2D eigenvalue weighted by atomic mass is 9.84. The van der Waals surface area contributed by atoms with Crippen LogP contribution in [0.4, 0.5) is 0 Å². The molecule has 0 aromatic carbocycles. The van der Waals surface area contributed by atoms with Gasteiger partial charge < -0.3 is 15.8 Å². The number of hydrogen-bond acceptors (Lipinski definition) is 3. The number of amides is 1. The summed E-state index contributed by atoms with van der Waals surface area (Å²) < 4.78 is 5.81. The van der Waals surface area contributed by atoms with Crippen LogP contribution in [0, 0.1) is 5.92 Å². The first-order chi connectivity index (χ1) is 8.83. The smallest absolute Gasteiger partial charge is 0.238 e. The fourth-order valence-corrected chi connectivity index (χ4v) is 3.15. The Balaban J connectivity index is 1.94. The number of nitrogens with one attached hydrogen (secondary N) is 1. The van der Waals surface area contributed by atoms with Gasteiger partial charge in [0.1, 0.15) is 5.54 Å². The van der Waals surface area contributed by atoms with Gasteiger partial charge in [0.25, 0.3) is 0 Å². The van der Waals surface area contributed by atoms with Crippen molar-refractivity contribution in [1.29, 1.82) is 0 Å². The van der Waals surface area contributed by atoms with Crippen LogP contribution in [0.15, 0.2) is 0 Å². The molecule has 110 valence electrons. The molecule has 2 fully saturated rings. The van der Waals surface area contributed by atoms with E-state index in [1.165, 1.54) is 12.8 Å². The molecule has 0 aromatic heterocycles. The Hall–Kier alpha value is -0.610. The van der Waals surface area contributed by atoms with Crippen molar-refractivity contribution in [1.82, 2.24) is 5.32 Å². The molecule has 1 amide bonds. The van der Waals surface area contributed by atoms with Gasteiger partial charge in [0.15, 0.2) is 0 Å². The van der Waals surface area contributed by atoms with Crippen LogP contribution in [0.3, 0.4) is 0 Å². The Kier molecular flexibility index (Phi) is 4.21. The standard InChI is InChI=1S/C15H28N2O2/c1-14(2,3)19-10-8-11-5-4-9-15(11,13(16)18)17-12-6-7-12/h11-12,17H,4-10H2,1-3H3,(H2,16,18). The van der Waals surface area contributed by atoms with Gasteiger partial charge in [-0.15, -0.1) is 0 Å². The van der Waals surface area contributed by atoms with Crippen molar-refractivity contribution in [2.45, 2.75) is 76.5 Å². The molecule has 2 aliphatic carbocycles. The van der Waals surface area contributed by atoms with E-state index in [2.05, 4.69) is 26.1 Å². The quantitative estimate of drug-likeness (QED) is 0.774. The first-order valence-corrected chi connectivity index (χ1v) is 7.55. The molecule has 0 spiro atoms. The molecule has 4 heteroatoms. The van der Waals surface area contributed by atoms with E-state index in [9.17, 15) is 4.79 Å². The summed E-state index contributed by atoms with van der Waals surface area (Å²) in [5.41, 5.74) is 5.13. The van der Waals surface area contributed by atoms with Crippen LogP contribution in [0.25, 0.3) is 0 Å². The van der Waals surface area contributed by atoms with Gasteiger partial charge in [-0.25, -0.2) is 0 Å². The minimum Gasteiger partial charge on any atom is -0.376 e. The van der Waals surface area contributed by atoms with E-state index in [1.807, 2.05) is 0 Å². The molecule has 4 nitrogen and oxygen atoms in total. The molecule has 2 rings (SSSR count). The predicted octanol–water partition coefficient (Wildman–Crippen LogP) is 1.97. The molecule has 2 saturated carbocycles. The van der Waals surface area contributed by atoms with Crippen LogP contribution < -0.4 is 11.1 Å². The third kappa shape index (κ3) is 3.69. The maximum Gasteiger partial charge on any atom is 0.238 e. The van der Waals surface area contributed by atoms with Crippen molar-refractivity contribution in [3.63, 3.8) is 0 Å². The fraction of sp³-hybridized carbons (Fsp3) is 0.933.